The topological polar surface area (TPSA) is 192 Å². The Bertz CT molecular complexity index is 3010. The molecule has 0 saturated carbocycles. The molecule has 8 rings (SSSR count). The van der Waals surface area contributed by atoms with Gasteiger partial charge in [0.25, 0.3) is 21.6 Å². The molecule has 5 aromatic rings. The number of nitro groups is 1. The minimum atomic E-state index is -5.10. The number of fused-ring (bicyclic) bond motifs is 1. The normalized spacial score (nSPS) is 18.1. The third-order valence-corrected chi connectivity index (χ3v) is 14.3. The SMILES string of the molecule is CC1(C)CCC(CN2CCN(c3ccc(C(=O)NS(=O)(=O)c4ccc(NCC5CN(C(=O)C(F)(F)F)CCO5)c([N+](=O)[O-])c4)c(Oc4cnc5[nH]ccc5c4)c3)CC2)=C(c2ccc(C(F)(F)F)cc2Cl)C1. The van der Waals surface area contributed by atoms with Gasteiger partial charge >= 0.3 is 18.3 Å². The lowest BCUT2D eigenvalue weighted by atomic mass is 9.72. The maximum Gasteiger partial charge on any atom is 0.471 e. The van der Waals surface area contributed by atoms with Crippen molar-refractivity contribution in [1.29, 1.82) is 0 Å². The smallest absolute Gasteiger partial charge is 0.455 e. The maximum atomic E-state index is 14.0. The molecule has 2 aromatic heterocycles. The third kappa shape index (κ3) is 11.9. The van der Waals surface area contributed by atoms with E-state index >= 15 is 0 Å². The van der Waals surface area contributed by atoms with E-state index in [4.69, 9.17) is 21.1 Å². The van der Waals surface area contributed by atoms with Crippen molar-refractivity contribution in [2.24, 2.45) is 5.41 Å². The van der Waals surface area contributed by atoms with E-state index in [1.807, 2.05) is 4.72 Å². The Labute approximate surface area is 408 Å². The molecule has 0 radical (unpaired) electrons. The molecule has 0 bridgehead atoms. The van der Waals surface area contributed by atoms with Crippen LogP contribution >= 0.6 is 11.6 Å². The molecule has 378 valence electrons. The molecule has 2 fully saturated rings. The van der Waals surface area contributed by atoms with Gasteiger partial charge < -0.3 is 29.6 Å². The van der Waals surface area contributed by atoms with Gasteiger partial charge in [0.1, 0.15) is 22.8 Å². The number of piperazine rings is 1. The first-order valence-electron chi connectivity index (χ1n) is 22.3. The molecule has 16 nitrogen and oxygen atoms in total. The van der Waals surface area contributed by atoms with Crippen LogP contribution in [0.3, 0.4) is 0 Å². The average molecular weight is 1030 g/mol. The standard InChI is InChI=1S/C47H47ClF6N8O8S/c1-45(2)11-9-29(37(23-45)35-6-3-30(20-38(35)48)46(49,50)51)26-59-13-15-60(16-14-59)31-4-7-36(41(21-31)70-32-19-28-10-12-55-42(28)57-24-32)43(63)58-71(67,68)34-5-8-39(40(22-34)62(65)66)56-25-33-27-61(17-18-69-33)44(64)47(52,53)54/h3-8,10,12,19-22,24,33,56H,9,11,13-18,23,25-27H2,1-2H3,(H,55,57)(H,58,63). The lowest BCUT2D eigenvalue weighted by Gasteiger charge is -2.39. The van der Waals surface area contributed by atoms with Crippen LogP contribution in [0.15, 0.2) is 89.6 Å². The summed E-state index contributed by atoms with van der Waals surface area (Å²) in [5.41, 5.74) is 1.83. The van der Waals surface area contributed by atoms with Crippen LogP contribution in [0.4, 0.5) is 43.4 Å². The number of nitro benzene ring substituents is 1. The van der Waals surface area contributed by atoms with E-state index in [-0.39, 0.29) is 52.9 Å². The second kappa shape index (κ2) is 20.0. The molecule has 3 aliphatic rings. The Hall–Kier alpha value is -6.43. The van der Waals surface area contributed by atoms with Gasteiger partial charge in [0.2, 0.25) is 0 Å². The Morgan fingerprint density at radius 1 is 1.00 bits per heavy atom. The highest BCUT2D eigenvalue weighted by atomic mass is 35.5. The number of H-pyrrole nitrogens is 1. The number of anilines is 2. The number of alkyl halides is 6. The van der Waals surface area contributed by atoms with Gasteiger partial charge in [-0.1, -0.05) is 37.1 Å². The number of morpholine rings is 1. The fourth-order valence-electron chi connectivity index (χ4n) is 8.89. The summed E-state index contributed by atoms with van der Waals surface area (Å²) in [5.74, 6) is -2.99. The van der Waals surface area contributed by atoms with Crippen LogP contribution in [0.25, 0.3) is 16.6 Å². The van der Waals surface area contributed by atoms with Gasteiger partial charge in [-0.25, -0.2) is 18.1 Å². The lowest BCUT2D eigenvalue weighted by molar-refractivity contribution is -0.384. The highest BCUT2D eigenvalue weighted by Crippen LogP contribution is 2.46. The summed E-state index contributed by atoms with van der Waals surface area (Å²) in [4.78, 5) is 48.5. The first kappa shape index (κ1) is 50.9. The number of ether oxygens (including phenoxy) is 2. The van der Waals surface area contributed by atoms with Crippen molar-refractivity contribution >= 4 is 67.1 Å². The predicted molar refractivity (Wildman–Crippen MR) is 251 cm³/mol. The van der Waals surface area contributed by atoms with Gasteiger partial charge in [0.05, 0.1) is 39.9 Å². The largest absolute Gasteiger partial charge is 0.471 e. The average Bonchev–Trinajstić information content (AvgIpc) is 3.79. The van der Waals surface area contributed by atoms with Crippen molar-refractivity contribution in [3.63, 3.8) is 0 Å². The van der Waals surface area contributed by atoms with Crippen molar-refractivity contribution in [2.45, 2.75) is 56.5 Å². The van der Waals surface area contributed by atoms with Crippen LogP contribution in [-0.4, -0.2) is 116 Å². The Kier molecular flexibility index (Phi) is 14.3. The molecule has 3 aromatic carbocycles. The van der Waals surface area contributed by atoms with Gasteiger partial charge in [0.15, 0.2) is 0 Å². The van der Waals surface area contributed by atoms with E-state index in [0.717, 1.165) is 48.3 Å². The quantitative estimate of drug-likeness (QED) is 0.0577. The van der Waals surface area contributed by atoms with Crippen molar-refractivity contribution in [2.75, 3.05) is 69.2 Å². The number of aromatic amines is 1. The van der Waals surface area contributed by atoms with Crippen molar-refractivity contribution in [3.05, 3.63) is 117 Å². The number of benzene rings is 3. The van der Waals surface area contributed by atoms with Gasteiger partial charge in [-0.05, 0) is 84.3 Å². The molecule has 3 N–H and O–H groups in total. The zero-order valence-electron chi connectivity index (χ0n) is 38.1. The number of pyridine rings is 1. The number of carbonyl (C=O) groups is 2. The first-order valence-corrected chi connectivity index (χ1v) is 24.2. The van der Waals surface area contributed by atoms with E-state index in [0.29, 0.717) is 72.4 Å². The molecular formula is C47H47ClF6N8O8S. The van der Waals surface area contributed by atoms with Crippen LogP contribution in [0, 0.1) is 15.5 Å². The molecule has 0 spiro atoms. The van der Waals surface area contributed by atoms with Gasteiger partial charge in [-0.15, -0.1) is 0 Å². The number of amides is 2. The fourth-order valence-corrected chi connectivity index (χ4v) is 10.2. The summed E-state index contributed by atoms with van der Waals surface area (Å²) in [7, 11) is -4.80. The number of nitrogens with zero attached hydrogens (tertiary/aromatic N) is 5. The molecule has 2 aliphatic heterocycles. The summed E-state index contributed by atoms with van der Waals surface area (Å²) in [5, 5.41) is 15.6. The number of hydrogen-bond acceptors (Lipinski definition) is 12. The molecule has 4 heterocycles. The minimum absolute atomic E-state index is 0.0340. The van der Waals surface area contributed by atoms with Gasteiger partial charge in [-0.3, -0.25) is 24.6 Å². The lowest BCUT2D eigenvalue weighted by Crippen LogP contribution is -2.51. The molecule has 1 unspecified atom stereocenters. The van der Waals surface area contributed by atoms with E-state index in [2.05, 4.69) is 38.9 Å². The highest BCUT2D eigenvalue weighted by Gasteiger charge is 2.44. The van der Waals surface area contributed by atoms with Crippen LogP contribution in [-0.2, 0) is 25.7 Å². The Morgan fingerprint density at radius 2 is 1.76 bits per heavy atom. The van der Waals surface area contributed by atoms with Crippen LogP contribution in [0.5, 0.6) is 11.5 Å². The number of rotatable bonds is 13. The highest BCUT2D eigenvalue weighted by molar-refractivity contribution is 7.90. The predicted octanol–water partition coefficient (Wildman–Crippen LogP) is 9.04. The molecular weight excluding hydrogens is 986 g/mol. The molecule has 1 aliphatic carbocycles. The molecule has 2 saturated heterocycles. The van der Waals surface area contributed by atoms with Gasteiger partial charge in [-0.2, -0.15) is 26.3 Å². The molecule has 71 heavy (non-hydrogen) atoms. The number of sulfonamides is 1. The summed E-state index contributed by atoms with van der Waals surface area (Å²) in [6.07, 6.45) is -5.21. The first-order chi connectivity index (χ1) is 33.4. The van der Waals surface area contributed by atoms with Crippen LogP contribution in [0.2, 0.25) is 5.02 Å². The van der Waals surface area contributed by atoms with E-state index in [1.165, 1.54) is 18.3 Å². The molecule has 24 heteroatoms. The van der Waals surface area contributed by atoms with Gasteiger partial charge in [0, 0.05) is 86.8 Å². The van der Waals surface area contributed by atoms with Crippen molar-refractivity contribution in [3.8, 4) is 11.5 Å². The summed E-state index contributed by atoms with van der Waals surface area (Å²) in [6.45, 7) is 5.85. The van der Waals surface area contributed by atoms with E-state index < -0.39 is 67.9 Å². The summed E-state index contributed by atoms with van der Waals surface area (Å²) >= 11 is 6.52. The van der Waals surface area contributed by atoms with Crippen molar-refractivity contribution < 1.29 is 58.7 Å². The Balaban J connectivity index is 0.988. The van der Waals surface area contributed by atoms with Crippen LogP contribution < -0.4 is 19.7 Å². The Morgan fingerprint density at radius 3 is 2.46 bits per heavy atom. The molecule has 1 atom stereocenters. The second-order valence-electron chi connectivity index (χ2n) is 18.2. The fraction of sp³-hybridized carbons (Fsp3) is 0.383. The summed E-state index contributed by atoms with van der Waals surface area (Å²) < 4.78 is 121. The maximum absolute atomic E-state index is 14.0. The minimum Gasteiger partial charge on any atom is -0.455 e. The number of halogens is 7. The summed E-state index contributed by atoms with van der Waals surface area (Å²) in [6, 6.07) is 14.3. The second-order valence-corrected chi connectivity index (χ2v) is 20.3. The number of aromatic nitrogens is 2. The zero-order chi connectivity index (χ0) is 51.0. The molecule has 2 amide bonds. The van der Waals surface area contributed by atoms with Crippen molar-refractivity contribution in [1.82, 2.24) is 24.5 Å². The number of nitrogens with one attached hydrogen (secondary N) is 3. The van der Waals surface area contributed by atoms with E-state index in [9.17, 15) is 54.5 Å². The number of carbonyl (C=O) groups excluding carboxylic acids is 2. The van der Waals surface area contributed by atoms with E-state index in [1.54, 1.807) is 30.5 Å². The number of allylic oxidation sites excluding steroid dienone is 1. The number of hydrogen-bond donors (Lipinski definition) is 3. The third-order valence-electron chi connectivity index (χ3n) is 12.7. The monoisotopic (exact) mass is 1030 g/mol. The zero-order valence-corrected chi connectivity index (χ0v) is 39.7. The van der Waals surface area contributed by atoms with Crippen LogP contribution in [0.1, 0.15) is 54.6 Å².